The van der Waals surface area contributed by atoms with E-state index in [2.05, 4.69) is 58.8 Å². The van der Waals surface area contributed by atoms with Crippen LogP contribution >= 0.6 is 24.0 Å². The Labute approximate surface area is 151 Å². The van der Waals surface area contributed by atoms with Crippen LogP contribution in [0.15, 0.2) is 29.3 Å². The van der Waals surface area contributed by atoms with Crippen molar-refractivity contribution in [2.75, 3.05) is 47.4 Å². The van der Waals surface area contributed by atoms with Crippen molar-refractivity contribution in [1.82, 2.24) is 15.5 Å². The van der Waals surface area contributed by atoms with Gasteiger partial charge in [0, 0.05) is 40.3 Å². The third-order valence-electron chi connectivity index (χ3n) is 3.23. The zero-order valence-electron chi connectivity index (χ0n) is 14.1. The van der Waals surface area contributed by atoms with Gasteiger partial charge in [-0.1, -0.05) is 29.8 Å². The molecule has 0 amide bonds. The monoisotopic (exact) mass is 420 g/mol. The van der Waals surface area contributed by atoms with Crippen molar-refractivity contribution in [3.05, 3.63) is 35.4 Å². The number of likely N-dealkylation sites (N-methyl/N-ethyl adjacent to an activating group) is 1. The van der Waals surface area contributed by atoms with E-state index in [-0.39, 0.29) is 24.0 Å². The average molecular weight is 420 g/mol. The summed E-state index contributed by atoms with van der Waals surface area (Å²) >= 11 is 0. The van der Waals surface area contributed by atoms with E-state index >= 15 is 0 Å². The summed E-state index contributed by atoms with van der Waals surface area (Å²) in [7, 11) is 5.60. The van der Waals surface area contributed by atoms with Gasteiger partial charge in [0.2, 0.25) is 0 Å². The molecule has 1 aromatic carbocycles. The molecular weight excluding hydrogens is 391 g/mol. The highest BCUT2D eigenvalue weighted by molar-refractivity contribution is 14.0. The van der Waals surface area contributed by atoms with Crippen LogP contribution in [0.5, 0.6) is 0 Å². The first kappa shape index (κ1) is 21.1. The van der Waals surface area contributed by atoms with Gasteiger partial charge in [0.15, 0.2) is 5.96 Å². The number of nitrogens with zero attached hydrogens (tertiary/aromatic N) is 2. The van der Waals surface area contributed by atoms with Crippen LogP contribution in [-0.4, -0.2) is 58.3 Å². The summed E-state index contributed by atoms with van der Waals surface area (Å²) in [5.41, 5.74) is 2.53. The number of methoxy groups -OCH3 is 1. The van der Waals surface area contributed by atoms with Crippen LogP contribution in [0.4, 0.5) is 0 Å². The molecule has 0 atom stereocenters. The first-order valence-corrected chi connectivity index (χ1v) is 7.33. The summed E-state index contributed by atoms with van der Waals surface area (Å²) < 4.78 is 5.06. The zero-order chi connectivity index (χ0) is 15.5. The van der Waals surface area contributed by atoms with E-state index in [0.29, 0.717) is 0 Å². The van der Waals surface area contributed by atoms with Crippen molar-refractivity contribution in [3.8, 4) is 0 Å². The second kappa shape index (κ2) is 12.7. The van der Waals surface area contributed by atoms with Gasteiger partial charge < -0.3 is 20.3 Å². The highest BCUT2D eigenvalue weighted by atomic mass is 127. The van der Waals surface area contributed by atoms with Gasteiger partial charge in [0.05, 0.1) is 6.61 Å². The molecule has 22 heavy (non-hydrogen) atoms. The number of hydrogen-bond donors (Lipinski definition) is 2. The largest absolute Gasteiger partial charge is 0.383 e. The van der Waals surface area contributed by atoms with Crippen molar-refractivity contribution < 1.29 is 4.74 Å². The Morgan fingerprint density at radius 3 is 2.68 bits per heavy atom. The Morgan fingerprint density at radius 2 is 2.05 bits per heavy atom. The van der Waals surface area contributed by atoms with Gasteiger partial charge in [-0.15, -0.1) is 24.0 Å². The van der Waals surface area contributed by atoms with Crippen molar-refractivity contribution in [1.29, 1.82) is 0 Å². The highest BCUT2D eigenvalue weighted by Crippen LogP contribution is 2.02. The van der Waals surface area contributed by atoms with E-state index in [9.17, 15) is 0 Å². The number of guanidine groups is 1. The predicted octanol–water partition coefficient (Wildman–Crippen LogP) is 1.86. The third-order valence-corrected chi connectivity index (χ3v) is 3.23. The molecule has 5 nitrogen and oxygen atoms in total. The lowest BCUT2D eigenvalue weighted by atomic mass is 10.1. The van der Waals surface area contributed by atoms with Crippen molar-refractivity contribution in [2.24, 2.45) is 4.99 Å². The Balaban J connectivity index is 0.00000441. The molecule has 0 saturated carbocycles. The first-order valence-electron chi connectivity index (χ1n) is 7.33. The molecule has 0 heterocycles. The predicted molar refractivity (Wildman–Crippen MR) is 104 cm³/mol. The van der Waals surface area contributed by atoms with Gasteiger partial charge in [-0.3, -0.25) is 4.99 Å². The summed E-state index contributed by atoms with van der Waals surface area (Å²) in [6.07, 6.45) is 0. The number of ether oxygens (including phenoxy) is 1. The minimum absolute atomic E-state index is 0. The van der Waals surface area contributed by atoms with Crippen LogP contribution in [0, 0.1) is 6.92 Å². The number of hydrogen-bond acceptors (Lipinski definition) is 3. The fraction of sp³-hybridized carbons (Fsp3) is 0.562. The summed E-state index contributed by atoms with van der Waals surface area (Å²) in [4.78, 5) is 6.46. The lowest BCUT2D eigenvalue weighted by molar-refractivity contribution is 0.162. The molecule has 0 aliphatic carbocycles. The summed E-state index contributed by atoms with van der Waals surface area (Å²) in [5, 5.41) is 6.64. The zero-order valence-corrected chi connectivity index (χ0v) is 16.4. The molecule has 0 aliphatic rings. The number of aryl methyl sites for hydroxylation is 1. The van der Waals surface area contributed by atoms with Crippen LogP contribution in [0.1, 0.15) is 11.1 Å². The molecule has 0 saturated heterocycles. The lowest BCUT2D eigenvalue weighted by Gasteiger charge is -2.17. The fourth-order valence-electron chi connectivity index (χ4n) is 1.95. The maximum Gasteiger partial charge on any atom is 0.191 e. The van der Waals surface area contributed by atoms with Crippen LogP contribution in [0.2, 0.25) is 0 Å². The number of benzene rings is 1. The highest BCUT2D eigenvalue weighted by Gasteiger charge is 2.00. The molecule has 0 spiro atoms. The van der Waals surface area contributed by atoms with Crippen molar-refractivity contribution in [3.63, 3.8) is 0 Å². The average Bonchev–Trinajstić information content (AvgIpc) is 2.48. The van der Waals surface area contributed by atoms with E-state index in [4.69, 9.17) is 4.74 Å². The maximum atomic E-state index is 5.06. The van der Waals surface area contributed by atoms with Gasteiger partial charge in [-0.05, 0) is 19.5 Å². The molecule has 1 aromatic rings. The molecule has 0 fully saturated rings. The molecule has 0 bridgehead atoms. The molecule has 126 valence electrons. The quantitative estimate of drug-likeness (QED) is 0.383. The summed E-state index contributed by atoms with van der Waals surface area (Å²) in [6.45, 7) is 6.39. The van der Waals surface area contributed by atoms with Gasteiger partial charge in [-0.2, -0.15) is 0 Å². The Morgan fingerprint density at radius 1 is 1.27 bits per heavy atom. The van der Waals surface area contributed by atoms with Gasteiger partial charge >= 0.3 is 0 Å². The topological polar surface area (TPSA) is 48.9 Å². The lowest BCUT2D eigenvalue weighted by Crippen LogP contribution is -2.41. The standard InChI is InChI=1S/C16H28N4O.HI/c1-14-6-5-7-15(12-14)13-19-16(17-2)18-8-9-20(3)10-11-21-4;/h5-7,12H,8-11,13H2,1-4H3,(H2,17,18,19);1H. The Bertz CT molecular complexity index is 440. The minimum Gasteiger partial charge on any atom is -0.383 e. The van der Waals surface area contributed by atoms with E-state index in [1.807, 2.05) is 0 Å². The van der Waals surface area contributed by atoms with E-state index in [1.54, 1.807) is 14.2 Å². The fourth-order valence-corrected chi connectivity index (χ4v) is 1.95. The van der Waals surface area contributed by atoms with Crippen LogP contribution in [0.3, 0.4) is 0 Å². The maximum absolute atomic E-state index is 5.06. The first-order chi connectivity index (χ1) is 10.2. The Hall–Kier alpha value is -0.860. The molecule has 0 unspecified atom stereocenters. The molecule has 0 radical (unpaired) electrons. The second-order valence-electron chi connectivity index (χ2n) is 5.14. The van der Waals surface area contributed by atoms with Crippen LogP contribution < -0.4 is 10.6 Å². The summed E-state index contributed by atoms with van der Waals surface area (Å²) in [5.74, 6) is 0.830. The molecular formula is C16H29IN4O. The smallest absolute Gasteiger partial charge is 0.191 e. The van der Waals surface area contributed by atoms with Crippen molar-refractivity contribution >= 4 is 29.9 Å². The number of aliphatic imine (C=N–C) groups is 1. The van der Waals surface area contributed by atoms with Gasteiger partial charge in [0.25, 0.3) is 0 Å². The summed E-state index contributed by atoms with van der Waals surface area (Å²) in [6, 6.07) is 8.48. The second-order valence-corrected chi connectivity index (χ2v) is 5.14. The number of rotatable bonds is 8. The number of nitrogens with one attached hydrogen (secondary N) is 2. The van der Waals surface area contributed by atoms with Gasteiger partial charge in [0.1, 0.15) is 0 Å². The Kier molecular flexibility index (Phi) is 12.2. The molecule has 0 aliphatic heterocycles. The normalized spacial score (nSPS) is 11.2. The molecule has 6 heteroatoms. The number of halogens is 1. The minimum atomic E-state index is 0. The third kappa shape index (κ3) is 9.22. The van der Waals surface area contributed by atoms with Gasteiger partial charge in [-0.25, -0.2) is 0 Å². The van der Waals surface area contributed by atoms with E-state index < -0.39 is 0 Å². The van der Waals surface area contributed by atoms with E-state index in [1.165, 1.54) is 11.1 Å². The van der Waals surface area contributed by atoms with Crippen LogP contribution in [0.25, 0.3) is 0 Å². The van der Waals surface area contributed by atoms with E-state index in [0.717, 1.165) is 38.7 Å². The molecule has 0 aromatic heterocycles. The molecule has 2 N–H and O–H groups in total. The van der Waals surface area contributed by atoms with Crippen molar-refractivity contribution in [2.45, 2.75) is 13.5 Å². The van der Waals surface area contributed by atoms with Crippen LogP contribution in [-0.2, 0) is 11.3 Å². The SMILES string of the molecule is CN=C(NCCN(C)CCOC)NCc1cccc(C)c1.I. The molecule has 1 rings (SSSR count).